The first-order valence-corrected chi connectivity index (χ1v) is 11.4. The highest BCUT2D eigenvalue weighted by Gasteiger charge is 2.20. The zero-order chi connectivity index (χ0) is 22.5. The number of non-ortho nitro benzene ring substituents is 1. The van der Waals surface area contributed by atoms with Crippen molar-refractivity contribution in [3.05, 3.63) is 69.3 Å². The summed E-state index contributed by atoms with van der Waals surface area (Å²) < 4.78 is 25.4. The summed E-state index contributed by atoms with van der Waals surface area (Å²) in [5.41, 5.74) is 3.29. The zero-order valence-corrected chi connectivity index (χ0v) is 18.4. The highest BCUT2D eigenvalue weighted by atomic mass is 32.2. The van der Waals surface area contributed by atoms with Crippen molar-refractivity contribution in [2.75, 3.05) is 17.1 Å². The fourth-order valence-electron chi connectivity index (χ4n) is 3.33. The minimum Gasteiger partial charge on any atom is -0.350 e. The third-order valence-corrected chi connectivity index (χ3v) is 5.96. The number of rotatable bonds is 9. The number of hydrogen-bond acceptors (Lipinski definition) is 5. The van der Waals surface area contributed by atoms with Gasteiger partial charge in [-0.25, -0.2) is 8.42 Å². The van der Waals surface area contributed by atoms with E-state index in [0.717, 1.165) is 27.3 Å². The minimum absolute atomic E-state index is 0.0470. The molecule has 0 bridgehead atoms. The summed E-state index contributed by atoms with van der Waals surface area (Å²) >= 11 is 0. The quantitative estimate of drug-likeness (QED) is 0.480. The number of sulfonamides is 1. The van der Waals surface area contributed by atoms with E-state index in [9.17, 15) is 23.3 Å². The number of carbonyl (C=O) groups excluding carboxylic acids is 1. The molecule has 1 amide bonds. The molecule has 0 fully saturated rings. The van der Waals surface area contributed by atoms with Crippen LogP contribution in [-0.2, 0) is 14.8 Å². The molecular weight excluding hydrogens is 406 g/mol. The molecule has 30 heavy (non-hydrogen) atoms. The Morgan fingerprint density at radius 3 is 2.50 bits per heavy atom. The minimum atomic E-state index is -3.66. The van der Waals surface area contributed by atoms with Gasteiger partial charge in [-0.3, -0.25) is 19.2 Å². The van der Waals surface area contributed by atoms with Crippen molar-refractivity contribution in [1.82, 2.24) is 5.32 Å². The molecule has 0 saturated carbocycles. The second-order valence-electron chi connectivity index (χ2n) is 7.36. The zero-order valence-electron chi connectivity index (χ0n) is 17.6. The van der Waals surface area contributed by atoms with Gasteiger partial charge in [-0.15, -0.1) is 0 Å². The van der Waals surface area contributed by atoms with Crippen molar-refractivity contribution in [3.63, 3.8) is 0 Å². The van der Waals surface area contributed by atoms with E-state index >= 15 is 0 Å². The Balaban J connectivity index is 2.00. The van der Waals surface area contributed by atoms with Gasteiger partial charge in [0, 0.05) is 25.1 Å². The number of amides is 1. The first-order valence-electron chi connectivity index (χ1n) is 9.57. The van der Waals surface area contributed by atoms with Crippen molar-refractivity contribution in [2.45, 2.75) is 39.7 Å². The van der Waals surface area contributed by atoms with Crippen LogP contribution in [0.1, 0.15) is 42.5 Å². The van der Waals surface area contributed by atoms with E-state index in [1.807, 2.05) is 32.9 Å². The van der Waals surface area contributed by atoms with Gasteiger partial charge in [0.15, 0.2) is 0 Å². The summed E-state index contributed by atoms with van der Waals surface area (Å²) in [6.45, 7) is 5.95. The van der Waals surface area contributed by atoms with Crippen LogP contribution < -0.4 is 9.62 Å². The lowest BCUT2D eigenvalue weighted by atomic mass is 10.00. The molecule has 0 spiro atoms. The van der Waals surface area contributed by atoms with Crippen LogP contribution in [0.15, 0.2) is 42.5 Å². The molecule has 0 aromatic heterocycles. The van der Waals surface area contributed by atoms with E-state index in [2.05, 4.69) is 11.4 Å². The molecule has 1 atom stereocenters. The van der Waals surface area contributed by atoms with E-state index in [1.165, 1.54) is 24.3 Å². The third-order valence-electron chi connectivity index (χ3n) is 4.76. The first kappa shape index (κ1) is 23.3. The Bertz CT molecular complexity index is 1040. The molecule has 1 N–H and O–H groups in total. The van der Waals surface area contributed by atoms with Crippen LogP contribution in [-0.4, -0.2) is 32.0 Å². The molecule has 8 nitrogen and oxygen atoms in total. The average molecular weight is 434 g/mol. The van der Waals surface area contributed by atoms with E-state index in [4.69, 9.17) is 0 Å². The maximum atomic E-state index is 12.3. The molecule has 9 heteroatoms. The summed E-state index contributed by atoms with van der Waals surface area (Å²) in [6.07, 6.45) is 1.45. The van der Waals surface area contributed by atoms with Crippen molar-refractivity contribution >= 4 is 27.3 Å². The van der Waals surface area contributed by atoms with Crippen LogP contribution in [0.5, 0.6) is 0 Å². The van der Waals surface area contributed by atoms with E-state index in [0.29, 0.717) is 0 Å². The lowest BCUT2D eigenvalue weighted by Crippen LogP contribution is -2.32. The van der Waals surface area contributed by atoms with Crippen LogP contribution in [0.4, 0.5) is 11.4 Å². The lowest BCUT2D eigenvalue weighted by Gasteiger charge is -2.22. The van der Waals surface area contributed by atoms with E-state index in [-0.39, 0.29) is 42.7 Å². The van der Waals surface area contributed by atoms with Crippen molar-refractivity contribution in [1.29, 1.82) is 0 Å². The Morgan fingerprint density at radius 2 is 1.90 bits per heavy atom. The molecule has 0 radical (unpaired) electrons. The highest BCUT2D eigenvalue weighted by Crippen LogP contribution is 2.24. The van der Waals surface area contributed by atoms with Crippen LogP contribution in [0.3, 0.4) is 0 Å². The van der Waals surface area contributed by atoms with E-state index < -0.39 is 14.9 Å². The van der Waals surface area contributed by atoms with Gasteiger partial charge >= 0.3 is 0 Å². The van der Waals surface area contributed by atoms with Gasteiger partial charge in [-0.2, -0.15) is 0 Å². The molecule has 0 aliphatic rings. The number of aryl methyl sites for hydroxylation is 2. The Kier molecular flexibility index (Phi) is 7.55. The van der Waals surface area contributed by atoms with Crippen LogP contribution in [0, 0.1) is 24.0 Å². The smallest absolute Gasteiger partial charge is 0.271 e. The summed E-state index contributed by atoms with van der Waals surface area (Å²) in [6, 6.07) is 11.3. The number of nitrogens with zero attached hydrogens (tertiary/aromatic N) is 2. The van der Waals surface area contributed by atoms with Gasteiger partial charge in [-0.05, 0) is 44.4 Å². The topological polar surface area (TPSA) is 110 Å². The van der Waals surface area contributed by atoms with Gasteiger partial charge < -0.3 is 5.32 Å². The normalized spacial score (nSPS) is 12.3. The molecule has 0 aliphatic heterocycles. The highest BCUT2D eigenvalue weighted by molar-refractivity contribution is 7.92. The second-order valence-corrected chi connectivity index (χ2v) is 9.27. The Morgan fingerprint density at radius 1 is 1.20 bits per heavy atom. The molecule has 2 aromatic rings. The molecule has 0 aliphatic carbocycles. The number of nitrogens with one attached hydrogen (secondary N) is 1. The SMILES string of the molecule is Cc1ccc(C(C)NC(=O)CCCN(c2cccc([N+](=O)[O-])c2)S(C)(=O)=O)c(C)c1. The first-order chi connectivity index (χ1) is 14.0. The molecule has 2 rings (SSSR count). The van der Waals surface area contributed by atoms with Gasteiger partial charge in [0.2, 0.25) is 15.9 Å². The molecule has 0 saturated heterocycles. The molecular formula is C21H27N3O5S. The second kappa shape index (κ2) is 9.71. The number of anilines is 1. The fraction of sp³-hybridized carbons (Fsp3) is 0.381. The van der Waals surface area contributed by atoms with Crippen LogP contribution in [0.25, 0.3) is 0 Å². The van der Waals surface area contributed by atoms with Gasteiger partial charge in [0.25, 0.3) is 5.69 Å². The van der Waals surface area contributed by atoms with Gasteiger partial charge in [0.1, 0.15) is 0 Å². The molecule has 2 aromatic carbocycles. The maximum absolute atomic E-state index is 12.3. The van der Waals surface area contributed by atoms with Gasteiger partial charge in [-0.1, -0.05) is 29.8 Å². The number of nitro groups is 1. The van der Waals surface area contributed by atoms with Crippen molar-refractivity contribution < 1.29 is 18.1 Å². The lowest BCUT2D eigenvalue weighted by molar-refractivity contribution is -0.384. The summed E-state index contributed by atoms with van der Waals surface area (Å²) in [5.74, 6) is -0.185. The molecule has 1 unspecified atom stereocenters. The summed E-state index contributed by atoms with van der Waals surface area (Å²) in [5, 5.41) is 13.9. The van der Waals surface area contributed by atoms with E-state index in [1.54, 1.807) is 0 Å². The number of hydrogen-bond donors (Lipinski definition) is 1. The summed E-state index contributed by atoms with van der Waals surface area (Å²) in [7, 11) is -3.66. The van der Waals surface area contributed by atoms with Crippen molar-refractivity contribution in [3.8, 4) is 0 Å². The standard InChI is InChI=1S/C21H27N3O5S/c1-15-10-11-20(16(2)13-15)17(3)22-21(25)9-6-12-23(30(4,28)29)18-7-5-8-19(14-18)24(26)27/h5,7-8,10-11,13-14,17H,6,9,12H2,1-4H3,(H,22,25). The third kappa shape index (κ3) is 6.28. The predicted octanol–water partition coefficient (Wildman–Crippen LogP) is 3.64. The Labute approximate surface area is 177 Å². The number of benzene rings is 2. The van der Waals surface area contributed by atoms with Crippen LogP contribution in [0.2, 0.25) is 0 Å². The fourth-order valence-corrected chi connectivity index (χ4v) is 4.29. The average Bonchev–Trinajstić information content (AvgIpc) is 2.64. The molecule has 162 valence electrons. The largest absolute Gasteiger partial charge is 0.350 e. The maximum Gasteiger partial charge on any atom is 0.271 e. The predicted molar refractivity (Wildman–Crippen MR) is 117 cm³/mol. The molecule has 0 heterocycles. The van der Waals surface area contributed by atoms with Crippen LogP contribution >= 0.6 is 0 Å². The Hall–Kier alpha value is -2.94. The van der Waals surface area contributed by atoms with Crippen molar-refractivity contribution in [2.24, 2.45) is 0 Å². The number of nitro benzene ring substituents is 1. The summed E-state index contributed by atoms with van der Waals surface area (Å²) in [4.78, 5) is 22.7. The monoisotopic (exact) mass is 433 g/mol. The number of carbonyl (C=O) groups is 1. The van der Waals surface area contributed by atoms with Gasteiger partial charge in [0.05, 0.1) is 22.9 Å².